The van der Waals surface area contributed by atoms with E-state index in [2.05, 4.69) is 11.8 Å². The summed E-state index contributed by atoms with van der Waals surface area (Å²) < 4.78 is 4.28. The van der Waals surface area contributed by atoms with Crippen molar-refractivity contribution in [3.8, 4) is 0 Å². The van der Waals surface area contributed by atoms with Gasteiger partial charge in [0, 0.05) is 26.1 Å². The van der Waals surface area contributed by atoms with Crippen molar-refractivity contribution in [2.45, 2.75) is 23.2 Å². The van der Waals surface area contributed by atoms with Crippen LogP contribution in [0.15, 0.2) is 0 Å². The molecule has 0 aliphatic carbocycles. The average Bonchev–Trinajstić information content (AvgIpc) is 2.00. The van der Waals surface area contributed by atoms with Crippen molar-refractivity contribution in [2.24, 2.45) is 0 Å². The van der Waals surface area contributed by atoms with Gasteiger partial charge in [-0.15, -0.1) is 0 Å². The fraction of sp³-hybridized carbons (Fsp3) is 1.00. The van der Waals surface area contributed by atoms with Crippen molar-refractivity contribution in [1.82, 2.24) is 4.90 Å². The van der Waals surface area contributed by atoms with Crippen molar-refractivity contribution in [3.63, 3.8) is 0 Å². The van der Waals surface area contributed by atoms with Crippen molar-refractivity contribution in [2.75, 3.05) is 26.2 Å². The van der Waals surface area contributed by atoms with Gasteiger partial charge in [-0.2, -0.15) is 0 Å². The lowest BCUT2D eigenvalue weighted by Crippen LogP contribution is -2.42. The van der Waals surface area contributed by atoms with E-state index < -0.39 is 3.79 Å². The highest BCUT2D eigenvalue weighted by Gasteiger charge is 2.23. The summed E-state index contributed by atoms with van der Waals surface area (Å²) in [5, 5.41) is 0. The van der Waals surface area contributed by atoms with E-state index in [-0.39, 0.29) is 0 Å². The molecule has 0 amide bonds. The molecule has 0 aromatic carbocycles. The molecule has 0 aromatic heterocycles. The zero-order valence-corrected chi connectivity index (χ0v) is 9.87. The molecule has 0 radical (unpaired) electrons. The van der Waals surface area contributed by atoms with E-state index in [1.807, 2.05) is 0 Å². The Morgan fingerprint density at radius 3 is 2.69 bits per heavy atom. The van der Waals surface area contributed by atoms with E-state index >= 15 is 0 Å². The fourth-order valence-corrected chi connectivity index (χ4v) is 1.63. The number of hydrogen-bond donors (Lipinski definition) is 0. The molecule has 2 nitrogen and oxygen atoms in total. The monoisotopic (exact) mass is 245 g/mol. The van der Waals surface area contributed by atoms with Gasteiger partial charge in [0.05, 0.1) is 12.7 Å². The van der Waals surface area contributed by atoms with Crippen LogP contribution in [0.3, 0.4) is 0 Å². The first-order valence-corrected chi connectivity index (χ1v) is 5.51. The first-order valence-electron chi connectivity index (χ1n) is 4.38. The SMILES string of the molecule is CC1CN(CCC(Cl)(Cl)Cl)CCO1. The summed E-state index contributed by atoms with van der Waals surface area (Å²) >= 11 is 17.0. The highest BCUT2D eigenvalue weighted by molar-refractivity contribution is 6.67. The summed E-state index contributed by atoms with van der Waals surface area (Å²) in [7, 11) is 0. The van der Waals surface area contributed by atoms with Crippen LogP contribution < -0.4 is 0 Å². The summed E-state index contributed by atoms with van der Waals surface area (Å²) in [6, 6.07) is 0. The Kier molecular flexibility index (Phi) is 4.59. The molecule has 1 aliphatic heterocycles. The molecule has 1 atom stereocenters. The Morgan fingerprint density at radius 2 is 2.15 bits per heavy atom. The van der Waals surface area contributed by atoms with Crippen LogP contribution in [0.4, 0.5) is 0 Å². The van der Waals surface area contributed by atoms with E-state index in [9.17, 15) is 0 Å². The van der Waals surface area contributed by atoms with Gasteiger partial charge >= 0.3 is 0 Å². The van der Waals surface area contributed by atoms with E-state index in [4.69, 9.17) is 39.5 Å². The molecule has 1 unspecified atom stereocenters. The van der Waals surface area contributed by atoms with Crippen LogP contribution in [0, 0.1) is 0 Å². The molecule has 0 N–H and O–H groups in total. The molecule has 1 heterocycles. The van der Waals surface area contributed by atoms with Crippen LogP contribution in [-0.2, 0) is 4.74 Å². The van der Waals surface area contributed by atoms with Gasteiger partial charge in [-0.3, -0.25) is 4.90 Å². The maximum atomic E-state index is 5.66. The van der Waals surface area contributed by atoms with Crippen LogP contribution in [0.5, 0.6) is 0 Å². The Hall–Kier alpha value is 0.790. The summed E-state index contributed by atoms with van der Waals surface area (Å²) in [6.45, 7) is 5.53. The highest BCUT2D eigenvalue weighted by Crippen LogP contribution is 2.30. The molecule has 78 valence electrons. The minimum Gasteiger partial charge on any atom is -0.376 e. The molecule has 0 bridgehead atoms. The normalized spacial score (nSPS) is 26.3. The maximum Gasteiger partial charge on any atom is 0.191 e. The predicted molar refractivity (Wildman–Crippen MR) is 56.8 cm³/mol. The van der Waals surface area contributed by atoms with Crippen LogP contribution in [0.25, 0.3) is 0 Å². The van der Waals surface area contributed by atoms with E-state index in [1.54, 1.807) is 0 Å². The topological polar surface area (TPSA) is 12.5 Å². The number of morpholine rings is 1. The van der Waals surface area contributed by atoms with Gasteiger partial charge in [-0.25, -0.2) is 0 Å². The molecule has 0 spiro atoms. The fourth-order valence-electron chi connectivity index (χ4n) is 1.38. The first kappa shape index (κ1) is 11.9. The molecular weight excluding hydrogens is 232 g/mol. The van der Waals surface area contributed by atoms with Gasteiger partial charge in [0.2, 0.25) is 0 Å². The number of alkyl halides is 3. The standard InChI is InChI=1S/C8H14Cl3NO/c1-7-6-12(4-5-13-7)3-2-8(9,10)11/h7H,2-6H2,1H3. The molecule has 5 heteroatoms. The smallest absolute Gasteiger partial charge is 0.191 e. The van der Waals surface area contributed by atoms with Gasteiger partial charge < -0.3 is 4.74 Å². The molecule has 0 aromatic rings. The van der Waals surface area contributed by atoms with Crippen LogP contribution >= 0.6 is 34.8 Å². The largest absolute Gasteiger partial charge is 0.376 e. The van der Waals surface area contributed by atoms with Gasteiger partial charge in [0.15, 0.2) is 3.79 Å². The van der Waals surface area contributed by atoms with E-state index in [0.29, 0.717) is 12.5 Å². The third-order valence-electron chi connectivity index (χ3n) is 2.04. The van der Waals surface area contributed by atoms with Gasteiger partial charge in [0.25, 0.3) is 0 Å². The minimum atomic E-state index is -1.12. The average molecular weight is 247 g/mol. The number of rotatable bonds is 2. The first-order chi connectivity index (χ1) is 5.97. The third kappa shape index (κ3) is 5.28. The maximum absolute atomic E-state index is 5.66. The summed E-state index contributed by atoms with van der Waals surface area (Å²) in [5.41, 5.74) is 0. The Bertz CT molecular complexity index is 160. The predicted octanol–water partition coefficient (Wildman–Crippen LogP) is 2.47. The second-order valence-electron chi connectivity index (χ2n) is 3.35. The summed E-state index contributed by atoms with van der Waals surface area (Å²) in [6.07, 6.45) is 0.869. The van der Waals surface area contributed by atoms with Gasteiger partial charge in [-0.1, -0.05) is 34.8 Å². The quantitative estimate of drug-likeness (QED) is 0.694. The molecular formula is C8H14Cl3NO. The van der Waals surface area contributed by atoms with Crippen molar-refractivity contribution in [3.05, 3.63) is 0 Å². The Labute approximate surface area is 94.1 Å². The molecule has 1 rings (SSSR count). The van der Waals surface area contributed by atoms with Crippen LogP contribution in [0.1, 0.15) is 13.3 Å². The van der Waals surface area contributed by atoms with Gasteiger partial charge in [0.1, 0.15) is 0 Å². The van der Waals surface area contributed by atoms with Crippen molar-refractivity contribution >= 4 is 34.8 Å². The summed E-state index contributed by atoms with van der Waals surface area (Å²) in [4.78, 5) is 2.26. The Balaban J connectivity index is 2.21. The van der Waals surface area contributed by atoms with Crippen molar-refractivity contribution < 1.29 is 4.74 Å². The van der Waals surface area contributed by atoms with Gasteiger partial charge in [-0.05, 0) is 6.92 Å². The zero-order valence-electron chi connectivity index (χ0n) is 7.60. The van der Waals surface area contributed by atoms with E-state index in [1.165, 1.54) is 0 Å². The zero-order chi connectivity index (χ0) is 9.90. The number of ether oxygens (including phenoxy) is 1. The molecule has 1 saturated heterocycles. The number of nitrogens with zero attached hydrogens (tertiary/aromatic N) is 1. The molecule has 1 fully saturated rings. The lowest BCUT2D eigenvalue weighted by atomic mass is 10.3. The van der Waals surface area contributed by atoms with E-state index in [0.717, 1.165) is 26.2 Å². The number of hydrogen-bond acceptors (Lipinski definition) is 2. The minimum absolute atomic E-state index is 0.295. The molecule has 0 saturated carbocycles. The molecule has 13 heavy (non-hydrogen) atoms. The van der Waals surface area contributed by atoms with Crippen LogP contribution in [-0.4, -0.2) is 41.0 Å². The van der Waals surface area contributed by atoms with Crippen molar-refractivity contribution in [1.29, 1.82) is 0 Å². The highest BCUT2D eigenvalue weighted by atomic mass is 35.6. The second-order valence-corrected chi connectivity index (χ2v) is 5.86. The lowest BCUT2D eigenvalue weighted by molar-refractivity contribution is -0.0183. The third-order valence-corrected chi connectivity index (χ3v) is 2.60. The summed E-state index contributed by atoms with van der Waals surface area (Å²) in [5.74, 6) is 0. The Morgan fingerprint density at radius 1 is 1.46 bits per heavy atom. The lowest BCUT2D eigenvalue weighted by Gasteiger charge is -2.31. The number of halogens is 3. The second kappa shape index (κ2) is 5.04. The van der Waals surface area contributed by atoms with Crippen LogP contribution in [0.2, 0.25) is 0 Å². The molecule has 1 aliphatic rings.